The van der Waals surface area contributed by atoms with Crippen LogP contribution in [0.1, 0.15) is 24.2 Å². The predicted octanol–water partition coefficient (Wildman–Crippen LogP) is 1.93. The SMILES string of the molecule is Cc1cc(Nc2ncc(F)c(C[C@@H]3CCCNC3)n2)n[nH]1. The van der Waals surface area contributed by atoms with E-state index < -0.39 is 0 Å². The molecule has 0 spiro atoms. The zero-order valence-electron chi connectivity index (χ0n) is 12.0. The maximum atomic E-state index is 13.9. The van der Waals surface area contributed by atoms with Crippen molar-refractivity contribution < 1.29 is 4.39 Å². The van der Waals surface area contributed by atoms with Crippen LogP contribution in [-0.2, 0) is 6.42 Å². The third-order valence-electron chi connectivity index (χ3n) is 3.64. The van der Waals surface area contributed by atoms with Crippen molar-refractivity contribution in [2.45, 2.75) is 26.2 Å². The normalized spacial score (nSPS) is 18.7. The Morgan fingerprint density at radius 1 is 1.48 bits per heavy atom. The molecule has 7 heteroatoms. The van der Waals surface area contributed by atoms with Crippen LogP contribution in [-0.4, -0.2) is 33.3 Å². The van der Waals surface area contributed by atoms with Gasteiger partial charge in [0.2, 0.25) is 5.95 Å². The van der Waals surface area contributed by atoms with Gasteiger partial charge >= 0.3 is 0 Å². The van der Waals surface area contributed by atoms with Crippen LogP contribution in [0.15, 0.2) is 12.3 Å². The Hall–Kier alpha value is -2.02. The molecule has 1 aliphatic heterocycles. The molecule has 1 saturated heterocycles. The van der Waals surface area contributed by atoms with E-state index in [-0.39, 0.29) is 5.82 Å². The van der Waals surface area contributed by atoms with Gasteiger partial charge in [0, 0.05) is 11.8 Å². The van der Waals surface area contributed by atoms with Crippen LogP contribution in [0.3, 0.4) is 0 Å². The number of hydrogen-bond donors (Lipinski definition) is 3. The summed E-state index contributed by atoms with van der Waals surface area (Å²) in [5.41, 5.74) is 1.40. The molecule has 0 bridgehead atoms. The van der Waals surface area contributed by atoms with Crippen molar-refractivity contribution in [2.24, 2.45) is 5.92 Å². The van der Waals surface area contributed by atoms with Gasteiger partial charge in [-0.15, -0.1) is 0 Å². The lowest BCUT2D eigenvalue weighted by molar-refractivity contribution is 0.368. The van der Waals surface area contributed by atoms with Crippen LogP contribution in [0.2, 0.25) is 0 Å². The number of aromatic amines is 1. The Morgan fingerprint density at radius 3 is 3.10 bits per heavy atom. The highest BCUT2D eigenvalue weighted by atomic mass is 19.1. The minimum absolute atomic E-state index is 0.343. The van der Waals surface area contributed by atoms with E-state index in [0.717, 1.165) is 31.6 Å². The number of anilines is 2. The molecule has 1 aliphatic rings. The molecule has 0 aromatic carbocycles. The zero-order chi connectivity index (χ0) is 14.7. The van der Waals surface area contributed by atoms with E-state index in [1.165, 1.54) is 6.20 Å². The fraction of sp³-hybridized carbons (Fsp3) is 0.500. The van der Waals surface area contributed by atoms with Crippen molar-refractivity contribution in [3.63, 3.8) is 0 Å². The minimum Gasteiger partial charge on any atom is -0.316 e. The molecular formula is C14H19FN6. The number of rotatable bonds is 4. The summed E-state index contributed by atoms with van der Waals surface area (Å²) in [4.78, 5) is 8.26. The first-order valence-corrected chi connectivity index (χ1v) is 7.22. The Balaban J connectivity index is 1.72. The zero-order valence-corrected chi connectivity index (χ0v) is 12.0. The number of nitrogens with zero attached hydrogens (tertiary/aromatic N) is 3. The smallest absolute Gasteiger partial charge is 0.228 e. The Kier molecular flexibility index (Phi) is 4.10. The molecule has 0 amide bonds. The van der Waals surface area contributed by atoms with Crippen molar-refractivity contribution in [1.82, 2.24) is 25.5 Å². The monoisotopic (exact) mass is 290 g/mol. The van der Waals surface area contributed by atoms with Gasteiger partial charge in [-0.05, 0) is 45.2 Å². The number of nitrogens with one attached hydrogen (secondary N) is 3. The molecule has 0 aliphatic carbocycles. The molecule has 0 radical (unpaired) electrons. The van der Waals surface area contributed by atoms with Crippen molar-refractivity contribution in [1.29, 1.82) is 0 Å². The van der Waals surface area contributed by atoms with Crippen molar-refractivity contribution in [3.05, 3.63) is 29.5 Å². The Bertz CT molecular complexity index is 605. The molecule has 2 aromatic rings. The lowest BCUT2D eigenvalue weighted by Crippen LogP contribution is -2.31. The van der Waals surface area contributed by atoms with Gasteiger partial charge in [-0.2, -0.15) is 5.10 Å². The highest BCUT2D eigenvalue weighted by Gasteiger charge is 2.17. The second-order valence-electron chi connectivity index (χ2n) is 5.47. The van der Waals surface area contributed by atoms with Crippen LogP contribution in [0, 0.1) is 18.7 Å². The van der Waals surface area contributed by atoms with E-state index in [0.29, 0.717) is 29.8 Å². The first-order chi connectivity index (χ1) is 10.2. The minimum atomic E-state index is -0.343. The highest BCUT2D eigenvalue weighted by Crippen LogP contribution is 2.19. The molecule has 21 heavy (non-hydrogen) atoms. The molecule has 0 unspecified atom stereocenters. The number of H-pyrrole nitrogens is 1. The molecule has 0 saturated carbocycles. The molecule has 112 valence electrons. The Labute approximate surface area is 122 Å². The molecule has 1 fully saturated rings. The topological polar surface area (TPSA) is 78.5 Å². The molecule has 3 N–H and O–H groups in total. The Morgan fingerprint density at radius 2 is 2.38 bits per heavy atom. The lowest BCUT2D eigenvalue weighted by Gasteiger charge is -2.22. The predicted molar refractivity (Wildman–Crippen MR) is 77.9 cm³/mol. The van der Waals surface area contributed by atoms with Crippen LogP contribution in [0.4, 0.5) is 16.2 Å². The summed E-state index contributed by atoms with van der Waals surface area (Å²) in [6, 6.07) is 1.84. The fourth-order valence-electron chi connectivity index (χ4n) is 2.57. The van der Waals surface area contributed by atoms with Gasteiger partial charge in [0.1, 0.15) is 0 Å². The lowest BCUT2D eigenvalue weighted by atomic mass is 9.94. The molecule has 3 heterocycles. The summed E-state index contributed by atoms with van der Waals surface area (Å²) in [6.07, 6.45) is 4.10. The van der Waals surface area contributed by atoms with E-state index >= 15 is 0 Å². The largest absolute Gasteiger partial charge is 0.316 e. The van der Waals surface area contributed by atoms with Gasteiger partial charge < -0.3 is 10.6 Å². The van der Waals surface area contributed by atoms with Crippen LogP contribution in [0.25, 0.3) is 0 Å². The average Bonchev–Trinajstić information content (AvgIpc) is 2.89. The summed E-state index contributed by atoms with van der Waals surface area (Å²) < 4.78 is 13.9. The van der Waals surface area contributed by atoms with Gasteiger partial charge in [0.25, 0.3) is 0 Å². The molecule has 3 rings (SSSR count). The van der Waals surface area contributed by atoms with E-state index in [9.17, 15) is 4.39 Å². The highest BCUT2D eigenvalue weighted by molar-refractivity contribution is 5.47. The molecule has 6 nitrogen and oxygen atoms in total. The van der Waals surface area contributed by atoms with Gasteiger partial charge in [0.15, 0.2) is 11.6 Å². The van der Waals surface area contributed by atoms with Crippen molar-refractivity contribution in [2.75, 3.05) is 18.4 Å². The van der Waals surface area contributed by atoms with Gasteiger partial charge in [-0.3, -0.25) is 5.10 Å². The van der Waals surface area contributed by atoms with Gasteiger partial charge in [-0.25, -0.2) is 14.4 Å². The van der Waals surface area contributed by atoms with Crippen LogP contribution < -0.4 is 10.6 Å². The molecule has 1 atom stereocenters. The van der Waals surface area contributed by atoms with Crippen LogP contribution >= 0.6 is 0 Å². The third-order valence-corrected chi connectivity index (χ3v) is 3.64. The average molecular weight is 290 g/mol. The van der Waals surface area contributed by atoms with E-state index in [2.05, 4.69) is 30.8 Å². The number of piperidine rings is 1. The number of aryl methyl sites for hydroxylation is 1. The maximum Gasteiger partial charge on any atom is 0.228 e. The number of aromatic nitrogens is 4. The molecular weight excluding hydrogens is 271 g/mol. The summed E-state index contributed by atoms with van der Waals surface area (Å²) in [6.45, 7) is 3.88. The van der Waals surface area contributed by atoms with E-state index in [1.807, 2.05) is 13.0 Å². The standard InChI is InChI=1S/C14H19FN6/c1-9-5-13(21-20-9)19-14-17-8-11(15)12(18-14)6-10-3-2-4-16-7-10/h5,8,10,16H,2-4,6-7H2,1H3,(H2,17,18,19,20,21)/t10-/m0/s1. The van der Waals surface area contributed by atoms with Crippen molar-refractivity contribution >= 4 is 11.8 Å². The quantitative estimate of drug-likeness (QED) is 0.802. The second kappa shape index (κ2) is 6.17. The summed E-state index contributed by atoms with van der Waals surface area (Å²) in [5.74, 6) is 1.10. The number of halogens is 1. The summed E-state index contributed by atoms with van der Waals surface area (Å²) in [5, 5.41) is 13.2. The molecule has 2 aromatic heterocycles. The van der Waals surface area contributed by atoms with Crippen LogP contribution in [0.5, 0.6) is 0 Å². The third kappa shape index (κ3) is 3.55. The maximum absolute atomic E-state index is 13.9. The fourth-order valence-corrected chi connectivity index (χ4v) is 2.57. The van der Waals surface area contributed by atoms with E-state index in [1.54, 1.807) is 0 Å². The van der Waals surface area contributed by atoms with E-state index in [4.69, 9.17) is 0 Å². The summed E-state index contributed by atoms with van der Waals surface area (Å²) in [7, 11) is 0. The number of hydrogen-bond acceptors (Lipinski definition) is 5. The second-order valence-corrected chi connectivity index (χ2v) is 5.47. The van der Waals surface area contributed by atoms with Gasteiger partial charge in [0.05, 0.1) is 11.9 Å². The van der Waals surface area contributed by atoms with Crippen molar-refractivity contribution in [3.8, 4) is 0 Å². The first-order valence-electron chi connectivity index (χ1n) is 7.22. The van der Waals surface area contributed by atoms with Gasteiger partial charge in [-0.1, -0.05) is 0 Å². The summed E-state index contributed by atoms with van der Waals surface area (Å²) >= 11 is 0. The first kappa shape index (κ1) is 13.9.